The maximum atomic E-state index is 11.9. The standard InChI is InChI=1S/C12H17N3O4S/c1-9-5-14-12(15-6-9)20(17,18)8-11(16)13-7-10-3-2-4-19-10/h5-6,10H,2-4,7-8H2,1H3,(H,13,16). The lowest BCUT2D eigenvalue weighted by Crippen LogP contribution is -2.36. The summed E-state index contributed by atoms with van der Waals surface area (Å²) in [4.78, 5) is 19.1. The van der Waals surface area contributed by atoms with Gasteiger partial charge in [0.1, 0.15) is 5.75 Å². The van der Waals surface area contributed by atoms with Gasteiger partial charge in [-0.15, -0.1) is 0 Å². The van der Waals surface area contributed by atoms with Crippen LogP contribution in [0, 0.1) is 6.92 Å². The van der Waals surface area contributed by atoms with E-state index in [0.29, 0.717) is 13.2 Å². The molecule has 1 aliphatic rings. The predicted molar refractivity (Wildman–Crippen MR) is 70.8 cm³/mol. The zero-order chi connectivity index (χ0) is 14.6. The average molecular weight is 299 g/mol. The van der Waals surface area contributed by atoms with Crippen molar-refractivity contribution in [1.29, 1.82) is 0 Å². The Morgan fingerprint density at radius 3 is 2.75 bits per heavy atom. The smallest absolute Gasteiger partial charge is 0.247 e. The van der Waals surface area contributed by atoms with Gasteiger partial charge in [0.05, 0.1) is 6.10 Å². The molecule has 0 radical (unpaired) electrons. The normalized spacial score (nSPS) is 18.9. The molecule has 0 saturated carbocycles. The summed E-state index contributed by atoms with van der Waals surface area (Å²) in [6.45, 7) is 2.78. The van der Waals surface area contributed by atoms with Crippen molar-refractivity contribution in [2.75, 3.05) is 18.9 Å². The highest BCUT2D eigenvalue weighted by molar-refractivity contribution is 7.91. The van der Waals surface area contributed by atoms with Crippen molar-refractivity contribution in [2.45, 2.75) is 31.0 Å². The molecule has 2 rings (SSSR count). The number of carbonyl (C=O) groups excluding carboxylic acids is 1. The van der Waals surface area contributed by atoms with Gasteiger partial charge in [-0.1, -0.05) is 0 Å². The number of aromatic nitrogens is 2. The maximum absolute atomic E-state index is 11.9. The number of carbonyl (C=O) groups is 1. The fraction of sp³-hybridized carbons (Fsp3) is 0.583. The number of nitrogens with zero attached hydrogens (tertiary/aromatic N) is 2. The fourth-order valence-corrected chi connectivity index (χ4v) is 2.87. The van der Waals surface area contributed by atoms with Crippen molar-refractivity contribution in [3.05, 3.63) is 18.0 Å². The molecule has 1 unspecified atom stereocenters. The van der Waals surface area contributed by atoms with Gasteiger partial charge in [0.25, 0.3) is 0 Å². The second kappa shape index (κ2) is 6.27. The van der Waals surface area contributed by atoms with E-state index in [1.54, 1.807) is 6.92 Å². The summed E-state index contributed by atoms with van der Waals surface area (Å²) in [6.07, 6.45) is 4.65. The minimum atomic E-state index is -3.80. The van der Waals surface area contributed by atoms with Gasteiger partial charge in [0, 0.05) is 25.5 Å². The molecule has 2 heterocycles. The Labute approximate surface area is 117 Å². The molecule has 0 aliphatic carbocycles. The third-order valence-electron chi connectivity index (χ3n) is 2.91. The van der Waals surface area contributed by atoms with E-state index >= 15 is 0 Å². The van der Waals surface area contributed by atoms with Crippen LogP contribution in [0.2, 0.25) is 0 Å². The molecule has 0 spiro atoms. The molecule has 1 fully saturated rings. The monoisotopic (exact) mass is 299 g/mol. The quantitative estimate of drug-likeness (QED) is 0.760. The fourth-order valence-electron chi connectivity index (χ4n) is 1.86. The SMILES string of the molecule is Cc1cnc(S(=O)(=O)CC(=O)NCC2CCCO2)nc1. The zero-order valence-corrected chi connectivity index (χ0v) is 12.0. The minimum absolute atomic E-state index is 0.0164. The second-order valence-electron chi connectivity index (χ2n) is 4.74. The Kier molecular flexibility index (Phi) is 4.66. The van der Waals surface area contributed by atoms with Crippen molar-refractivity contribution in [2.24, 2.45) is 0 Å². The van der Waals surface area contributed by atoms with Gasteiger partial charge < -0.3 is 10.1 Å². The van der Waals surface area contributed by atoms with E-state index in [1.807, 2.05) is 0 Å². The van der Waals surface area contributed by atoms with Crippen molar-refractivity contribution >= 4 is 15.7 Å². The highest BCUT2D eigenvalue weighted by Crippen LogP contribution is 2.10. The van der Waals surface area contributed by atoms with Gasteiger partial charge >= 0.3 is 0 Å². The first-order chi connectivity index (χ1) is 9.47. The Morgan fingerprint density at radius 1 is 1.45 bits per heavy atom. The molecule has 1 atom stereocenters. The first-order valence-corrected chi connectivity index (χ1v) is 8.02. The van der Waals surface area contributed by atoms with Crippen LogP contribution < -0.4 is 5.32 Å². The van der Waals surface area contributed by atoms with E-state index in [2.05, 4.69) is 15.3 Å². The van der Waals surface area contributed by atoms with E-state index in [9.17, 15) is 13.2 Å². The van der Waals surface area contributed by atoms with Gasteiger partial charge in [0.15, 0.2) is 0 Å². The van der Waals surface area contributed by atoms with Crippen LogP contribution >= 0.6 is 0 Å². The number of aryl methyl sites for hydroxylation is 1. The Balaban J connectivity index is 1.90. The van der Waals surface area contributed by atoms with Crippen LogP contribution in [0.4, 0.5) is 0 Å². The van der Waals surface area contributed by atoms with Crippen LogP contribution in [0.5, 0.6) is 0 Å². The largest absolute Gasteiger partial charge is 0.376 e. The van der Waals surface area contributed by atoms with E-state index in [0.717, 1.165) is 18.4 Å². The predicted octanol–water partition coefficient (Wildman–Crippen LogP) is -0.146. The van der Waals surface area contributed by atoms with E-state index in [1.165, 1.54) is 12.4 Å². The van der Waals surface area contributed by atoms with Crippen molar-refractivity contribution < 1.29 is 17.9 Å². The number of amides is 1. The topological polar surface area (TPSA) is 98.2 Å². The Bertz CT molecular complexity index is 565. The number of ether oxygens (including phenoxy) is 1. The Hall–Kier alpha value is -1.54. The highest BCUT2D eigenvalue weighted by Gasteiger charge is 2.23. The molecule has 1 saturated heterocycles. The maximum Gasteiger partial charge on any atom is 0.247 e. The molecular formula is C12H17N3O4S. The second-order valence-corrected chi connectivity index (χ2v) is 6.62. The van der Waals surface area contributed by atoms with E-state index in [4.69, 9.17) is 4.74 Å². The molecule has 110 valence electrons. The Morgan fingerprint density at radius 2 is 2.15 bits per heavy atom. The zero-order valence-electron chi connectivity index (χ0n) is 11.2. The number of nitrogens with one attached hydrogen (secondary N) is 1. The van der Waals surface area contributed by atoms with Crippen LogP contribution in [-0.2, 0) is 19.4 Å². The molecule has 1 N–H and O–H groups in total. The van der Waals surface area contributed by atoms with Gasteiger partial charge in [-0.3, -0.25) is 4.79 Å². The molecule has 1 aromatic rings. The molecule has 8 heteroatoms. The van der Waals surface area contributed by atoms with Crippen LogP contribution in [-0.4, -0.2) is 49.3 Å². The number of hydrogen-bond acceptors (Lipinski definition) is 6. The summed E-state index contributed by atoms with van der Waals surface area (Å²) < 4.78 is 29.2. The van der Waals surface area contributed by atoms with Gasteiger partial charge in [0.2, 0.25) is 20.9 Å². The molecule has 1 aliphatic heterocycles. The summed E-state index contributed by atoms with van der Waals surface area (Å²) in [6, 6.07) is 0. The molecule has 20 heavy (non-hydrogen) atoms. The number of rotatable bonds is 5. The molecule has 1 amide bonds. The van der Waals surface area contributed by atoms with Gasteiger partial charge in [-0.25, -0.2) is 18.4 Å². The molecule has 0 aromatic carbocycles. The molecule has 1 aromatic heterocycles. The van der Waals surface area contributed by atoms with Crippen LogP contribution in [0.1, 0.15) is 18.4 Å². The highest BCUT2D eigenvalue weighted by atomic mass is 32.2. The first kappa shape index (κ1) is 14.9. The lowest BCUT2D eigenvalue weighted by molar-refractivity contribution is -0.119. The minimum Gasteiger partial charge on any atom is -0.376 e. The van der Waals surface area contributed by atoms with Crippen molar-refractivity contribution in [3.8, 4) is 0 Å². The third-order valence-corrected chi connectivity index (χ3v) is 4.32. The molecule has 0 bridgehead atoms. The van der Waals surface area contributed by atoms with Gasteiger partial charge in [-0.2, -0.15) is 0 Å². The number of hydrogen-bond donors (Lipinski definition) is 1. The van der Waals surface area contributed by atoms with Crippen LogP contribution in [0.3, 0.4) is 0 Å². The van der Waals surface area contributed by atoms with Gasteiger partial charge in [-0.05, 0) is 25.3 Å². The summed E-state index contributed by atoms with van der Waals surface area (Å²) in [7, 11) is -3.80. The van der Waals surface area contributed by atoms with Crippen molar-refractivity contribution in [3.63, 3.8) is 0 Å². The van der Waals surface area contributed by atoms with E-state index < -0.39 is 21.5 Å². The van der Waals surface area contributed by atoms with E-state index in [-0.39, 0.29) is 11.3 Å². The third kappa shape index (κ3) is 3.97. The molecular weight excluding hydrogens is 282 g/mol. The first-order valence-electron chi connectivity index (χ1n) is 6.37. The van der Waals surface area contributed by atoms with Crippen LogP contribution in [0.25, 0.3) is 0 Å². The summed E-state index contributed by atoms with van der Waals surface area (Å²) >= 11 is 0. The summed E-state index contributed by atoms with van der Waals surface area (Å²) in [5.41, 5.74) is 0.756. The number of sulfone groups is 1. The van der Waals surface area contributed by atoms with Crippen molar-refractivity contribution in [1.82, 2.24) is 15.3 Å². The average Bonchev–Trinajstić information content (AvgIpc) is 2.89. The summed E-state index contributed by atoms with van der Waals surface area (Å²) in [5.74, 6) is -1.22. The summed E-state index contributed by atoms with van der Waals surface area (Å²) in [5, 5.41) is 2.24. The lowest BCUT2D eigenvalue weighted by atomic mass is 10.2. The molecule has 7 nitrogen and oxygen atoms in total. The van der Waals surface area contributed by atoms with Crippen LogP contribution in [0.15, 0.2) is 17.6 Å². The lowest BCUT2D eigenvalue weighted by Gasteiger charge is -2.10.